The molecule has 0 bridgehead atoms. The van der Waals surface area contributed by atoms with Crippen molar-refractivity contribution in [1.82, 2.24) is 10.3 Å². The van der Waals surface area contributed by atoms with Gasteiger partial charge in [0.15, 0.2) is 0 Å². The maximum Gasteiger partial charge on any atom is 0.244 e. The molecule has 2 aromatic heterocycles. The number of pyridine rings is 1. The fraction of sp³-hybridized carbons (Fsp3) is 0.226. The summed E-state index contributed by atoms with van der Waals surface area (Å²) in [7, 11) is 3.34. The molecule has 0 aliphatic carbocycles. The first-order valence-corrected chi connectivity index (χ1v) is 13.2. The summed E-state index contributed by atoms with van der Waals surface area (Å²) >= 11 is 1.66. The molecule has 2 aromatic carbocycles. The predicted octanol–water partition coefficient (Wildman–Crippen LogP) is 6.83. The molecule has 0 radical (unpaired) electrons. The number of carbonyl (C=O) groups excluding carboxylic acids is 1. The Balaban J connectivity index is 1.48. The van der Waals surface area contributed by atoms with Crippen LogP contribution in [0.1, 0.15) is 35.8 Å². The van der Waals surface area contributed by atoms with Gasteiger partial charge in [-0.15, -0.1) is 11.3 Å². The number of fused-ring (bicyclic) bond motifs is 1. The highest BCUT2D eigenvalue weighted by atomic mass is 32.1. The molecule has 0 aliphatic heterocycles. The van der Waals surface area contributed by atoms with E-state index in [0.717, 1.165) is 57.5 Å². The summed E-state index contributed by atoms with van der Waals surface area (Å²) in [6, 6.07) is 18.3. The molecular weight excluding hydrogens is 480 g/mol. The summed E-state index contributed by atoms with van der Waals surface area (Å²) in [6.07, 6.45) is 11.9. The van der Waals surface area contributed by atoms with Crippen molar-refractivity contribution in [2.75, 3.05) is 14.2 Å². The third kappa shape index (κ3) is 7.08. The molecule has 0 saturated carbocycles. The molecule has 0 aliphatic rings. The monoisotopic (exact) mass is 512 g/mol. The van der Waals surface area contributed by atoms with Crippen molar-refractivity contribution >= 4 is 33.6 Å². The molecule has 5 nitrogen and oxygen atoms in total. The molecule has 0 unspecified atom stereocenters. The Kier molecular flexibility index (Phi) is 9.11. The van der Waals surface area contributed by atoms with E-state index in [2.05, 4.69) is 28.5 Å². The topological polar surface area (TPSA) is 60.5 Å². The van der Waals surface area contributed by atoms with Crippen LogP contribution in [0.2, 0.25) is 0 Å². The van der Waals surface area contributed by atoms with E-state index >= 15 is 0 Å². The molecule has 6 heteroatoms. The Hall–Kier alpha value is -3.90. The summed E-state index contributed by atoms with van der Waals surface area (Å²) in [6.45, 7) is 2.04. The average molecular weight is 513 g/mol. The molecule has 190 valence electrons. The number of nitrogens with zero attached hydrogens (tertiary/aromatic N) is 1. The van der Waals surface area contributed by atoms with E-state index in [0.29, 0.717) is 0 Å². The number of amides is 1. The lowest BCUT2D eigenvalue weighted by molar-refractivity contribution is -0.117. The number of nitrogens with one attached hydrogen (secondary N) is 1. The molecule has 1 atom stereocenters. The minimum absolute atomic E-state index is 0.0919. The van der Waals surface area contributed by atoms with Gasteiger partial charge in [-0.1, -0.05) is 24.3 Å². The Labute approximate surface area is 222 Å². The van der Waals surface area contributed by atoms with Crippen LogP contribution in [0.25, 0.3) is 16.3 Å². The number of carbonyl (C=O) groups is 1. The van der Waals surface area contributed by atoms with Crippen LogP contribution in [0.4, 0.5) is 0 Å². The molecule has 2 heterocycles. The van der Waals surface area contributed by atoms with Gasteiger partial charge in [-0.3, -0.25) is 9.78 Å². The van der Waals surface area contributed by atoms with Crippen LogP contribution >= 0.6 is 11.3 Å². The second kappa shape index (κ2) is 12.9. The maximum absolute atomic E-state index is 12.6. The molecule has 4 aromatic rings. The van der Waals surface area contributed by atoms with E-state index in [9.17, 15) is 4.79 Å². The number of methoxy groups -OCH3 is 2. The summed E-state index contributed by atoms with van der Waals surface area (Å²) in [4.78, 5) is 17.8. The number of hydrogen-bond donors (Lipinski definition) is 1. The average Bonchev–Trinajstić information content (AvgIpc) is 3.45. The SMILES string of the molecule is COc1ccc2c(OC)cc(C(=CC=CC(=O)N[C@H](C)CCCc3cccnc3)c3cccs3)cc2c1. The van der Waals surface area contributed by atoms with Crippen molar-refractivity contribution in [2.45, 2.75) is 32.2 Å². The third-order valence-corrected chi connectivity index (χ3v) is 7.07. The number of benzene rings is 2. The first-order valence-electron chi connectivity index (χ1n) is 12.3. The first-order chi connectivity index (χ1) is 18.1. The summed E-state index contributed by atoms with van der Waals surface area (Å²) in [5, 5.41) is 7.16. The van der Waals surface area contributed by atoms with E-state index < -0.39 is 0 Å². The second-order valence-corrected chi connectivity index (χ2v) is 9.79. The molecule has 4 rings (SSSR count). The Morgan fingerprint density at radius 3 is 2.73 bits per heavy atom. The number of ether oxygens (including phenoxy) is 2. The lowest BCUT2D eigenvalue weighted by atomic mass is 9.98. The normalized spacial score (nSPS) is 12.6. The van der Waals surface area contributed by atoms with Crippen molar-refractivity contribution in [3.63, 3.8) is 0 Å². The van der Waals surface area contributed by atoms with Crippen molar-refractivity contribution in [1.29, 1.82) is 0 Å². The van der Waals surface area contributed by atoms with Gasteiger partial charge in [0.2, 0.25) is 5.91 Å². The number of rotatable bonds is 11. The Bertz CT molecular complexity index is 1380. The standard InChI is InChI=1S/C31H32N2O3S/c1-22(8-4-9-23-10-6-16-32-21-23)33-31(34)13-5-11-28(30-12-7-17-37-30)25-18-24-19-26(35-2)14-15-27(24)29(20-25)36-3/h5-7,10-22H,4,8-9H2,1-3H3,(H,33,34)/t22-/m1/s1. The van der Waals surface area contributed by atoms with Crippen molar-refractivity contribution in [3.8, 4) is 11.5 Å². The zero-order valence-corrected chi connectivity index (χ0v) is 22.3. The van der Waals surface area contributed by atoms with Crippen LogP contribution in [0.15, 0.2) is 90.6 Å². The van der Waals surface area contributed by atoms with E-state index in [4.69, 9.17) is 9.47 Å². The highest BCUT2D eigenvalue weighted by molar-refractivity contribution is 7.11. The summed E-state index contributed by atoms with van der Waals surface area (Å²) in [5.41, 5.74) is 3.25. The number of aromatic nitrogens is 1. The Morgan fingerprint density at radius 2 is 2.00 bits per heavy atom. The van der Waals surface area contributed by atoms with Crippen molar-refractivity contribution in [2.24, 2.45) is 0 Å². The number of hydrogen-bond acceptors (Lipinski definition) is 5. The van der Waals surface area contributed by atoms with E-state index in [1.807, 2.05) is 67.1 Å². The van der Waals surface area contributed by atoms with E-state index in [-0.39, 0.29) is 11.9 Å². The van der Waals surface area contributed by atoms with Crippen molar-refractivity contribution < 1.29 is 14.3 Å². The summed E-state index contributed by atoms with van der Waals surface area (Å²) < 4.78 is 11.1. The minimum Gasteiger partial charge on any atom is -0.497 e. The summed E-state index contributed by atoms with van der Waals surface area (Å²) in [5.74, 6) is 1.48. The van der Waals surface area contributed by atoms with Crippen LogP contribution in [-0.2, 0) is 11.2 Å². The number of thiophene rings is 1. The van der Waals surface area contributed by atoms with Crippen LogP contribution in [0.3, 0.4) is 0 Å². The number of aryl methyl sites for hydroxylation is 1. The smallest absolute Gasteiger partial charge is 0.244 e. The van der Waals surface area contributed by atoms with Crippen LogP contribution in [0.5, 0.6) is 11.5 Å². The zero-order valence-electron chi connectivity index (χ0n) is 21.4. The molecule has 37 heavy (non-hydrogen) atoms. The molecule has 0 fully saturated rings. The van der Waals surface area contributed by atoms with Gasteiger partial charge in [0, 0.05) is 34.8 Å². The van der Waals surface area contributed by atoms with Crippen LogP contribution < -0.4 is 14.8 Å². The lowest BCUT2D eigenvalue weighted by Gasteiger charge is -2.13. The third-order valence-electron chi connectivity index (χ3n) is 6.16. The molecule has 0 saturated heterocycles. The van der Waals surface area contributed by atoms with Gasteiger partial charge in [0.25, 0.3) is 0 Å². The van der Waals surface area contributed by atoms with Crippen molar-refractivity contribution in [3.05, 3.63) is 107 Å². The molecular formula is C31H32N2O3S. The lowest BCUT2D eigenvalue weighted by Crippen LogP contribution is -2.31. The van der Waals surface area contributed by atoms with Gasteiger partial charge >= 0.3 is 0 Å². The Morgan fingerprint density at radius 1 is 1.11 bits per heavy atom. The highest BCUT2D eigenvalue weighted by Crippen LogP contribution is 2.36. The van der Waals surface area contributed by atoms with Gasteiger partial charge in [-0.25, -0.2) is 0 Å². The second-order valence-electron chi connectivity index (χ2n) is 8.85. The van der Waals surface area contributed by atoms with Gasteiger partial charge in [-0.05, 0) is 96.1 Å². The number of allylic oxidation sites excluding steroid dienone is 2. The van der Waals surface area contributed by atoms with E-state index in [1.54, 1.807) is 37.8 Å². The fourth-order valence-electron chi connectivity index (χ4n) is 4.27. The fourth-order valence-corrected chi connectivity index (χ4v) is 5.04. The minimum atomic E-state index is -0.100. The van der Waals surface area contributed by atoms with Crippen LogP contribution in [0, 0.1) is 0 Å². The molecule has 0 spiro atoms. The van der Waals surface area contributed by atoms with Gasteiger partial charge < -0.3 is 14.8 Å². The quantitative estimate of drug-likeness (QED) is 0.177. The van der Waals surface area contributed by atoms with Crippen LogP contribution in [-0.4, -0.2) is 31.2 Å². The first kappa shape index (κ1) is 26.2. The molecule has 1 N–H and O–H groups in total. The van der Waals surface area contributed by atoms with Gasteiger partial charge in [0.05, 0.1) is 14.2 Å². The van der Waals surface area contributed by atoms with E-state index in [1.165, 1.54) is 5.56 Å². The largest absolute Gasteiger partial charge is 0.497 e. The maximum atomic E-state index is 12.6. The van der Waals surface area contributed by atoms with Gasteiger partial charge in [-0.2, -0.15) is 0 Å². The highest BCUT2D eigenvalue weighted by Gasteiger charge is 2.12. The zero-order chi connectivity index (χ0) is 26.0. The molecule has 1 amide bonds. The predicted molar refractivity (Wildman–Crippen MR) is 152 cm³/mol. The van der Waals surface area contributed by atoms with Gasteiger partial charge in [0.1, 0.15) is 11.5 Å².